The van der Waals surface area contributed by atoms with Gasteiger partial charge in [0.2, 0.25) is 0 Å². The van der Waals surface area contributed by atoms with Crippen LogP contribution in [0.1, 0.15) is 24.8 Å². The van der Waals surface area contributed by atoms with Gasteiger partial charge in [-0.3, -0.25) is 0 Å². The van der Waals surface area contributed by atoms with E-state index in [1.807, 2.05) is 19.1 Å². The molecular formula is C11H15Cl2NO. The van der Waals surface area contributed by atoms with Gasteiger partial charge >= 0.3 is 0 Å². The Kier molecular flexibility index (Phi) is 4.87. The Hall–Kier alpha value is -0.280. The van der Waals surface area contributed by atoms with Gasteiger partial charge in [-0.1, -0.05) is 36.2 Å². The zero-order chi connectivity index (χ0) is 11.4. The van der Waals surface area contributed by atoms with E-state index in [0.29, 0.717) is 16.5 Å². The van der Waals surface area contributed by atoms with E-state index in [9.17, 15) is 5.11 Å². The van der Waals surface area contributed by atoms with Crippen LogP contribution < -0.4 is 5.73 Å². The highest BCUT2D eigenvalue weighted by Gasteiger charge is 2.11. The van der Waals surface area contributed by atoms with Crippen LogP contribution in [0.25, 0.3) is 0 Å². The van der Waals surface area contributed by atoms with Gasteiger partial charge in [0.15, 0.2) is 0 Å². The maximum atomic E-state index is 9.43. The smallest absolute Gasteiger partial charge is 0.0668 e. The largest absolute Gasteiger partial charge is 0.392 e. The van der Waals surface area contributed by atoms with Gasteiger partial charge in [-0.05, 0) is 30.0 Å². The molecule has 0 radical (unpaired) electrons. The number of hydrogen-bond donors (Lipinski definition) is 2. The number of aliphatic hydroxyl groups excluding tert-OH is 1. The molecule has 1 rings (SSSR count). The van der Waals surface area contributed by atoms with Crippen molar-refractivity contribution in [2.75, 3.05) is 6.54 Å². The van der Waals surface area contributed by atoms with E-state index in [4.69, 9.17) is 28.9 Å². The van der Waals surface area contributed by atoms with Gasteiger partial charge in [-0.2, -0.15) is 0 Å². The Morgan fingerprint density at radius 1 is 1.33 bits per heavy atom. The lowest BCUT2D eigenvalue weighted by Gasteiger charge is -2.15. The fourth-order valence-electron chi connectivity index (χ4n) is 1.46. The summed E-state index contributed by atoms with van der Waals surface area (Å²) in [4.78, 5) is 0. The average Bonchev–Trinajstić information content (AvgIpc) is 2.21. The summed E-state index contributed by atoms with van der Waals surface area (Å²) >= 11 is 11.7. The van der Waals surface area contributed by atoms with Gasteiger partial charge in [-0.15, -0.1) is 0 Å². The van der Waals surface area contributed by atoms with Crippen LogP contribution in [-0.2, 0) is 0 Å². The van der Waals surface area contributed by atoms with E-state index >= 15 is 0 Å². The number of nitrogens with two attached hydrogens (primary N) is 1. The van der Waals surface area contributed by atoms with E-state index in [0.717, 1.165) is 5.56 Å². The van der Waals surface area contributed by atoms with Crippen molar-refractivity contribution < 1.29 is 5.11 Å². The summed E-state index contributed by atoms with van der Waals surface area (Å²) in [6.07, 6.45) is 0.170. The molecule has 4 heteroatoms. The number of rotatable bonds is 4. The molecule has 2 unspecified atom stereocenters. The lowest BCUT2D eigenvalue weighted by Crippen LogP contribution is -2.21. The zero-order valence-electron chi connectivity index (χ0n) is 8.58. The van der Waals surface area contributed by atoms with Crippen molar-refractivity contribution in [1.82, 2.24) is 0 Å². The van der Waals surface area contributed by atoms with Crippen LogP contribution in [-0.4, -0.2) is 17.8 Å². The average molecular weight is 248 g/mol. The predicted molar refractivity (Wildman–Crippen MR) is 64.6 cm³/mol. The molecule has 1 aromatic carbocycles. The van der Waals surface area contributed by atoms with Crippen molar-refractivity contribution in [3.8, 4) is 0 Å². The molecule has 0 bridgehead atoms. The Labute approximate surface area is 100.0 Å². The van der Waals surface area contributed by atoms with Gasteiger partial charge in [-0.25, -0.2) is 0 Å². The standard InChI is InChI=1S/C11H15Cl2NO/c1-7(4-9(15)6-14)8-2-3-10(12)11(13)5-8/h2-3,5,7,9,15H,4,6,14H2,1H3. The zero-order valence-corrected chi connectivity index (χ0v) is 10.1. The first-order chi connectivity index (χ1) is 7.04. The van der Waals surface area contributed by atoms with Crippen molar-refractivity contribution >= 4 is 23.2 Å². The van der Waals surface area contributed by atoms with Crippen molar-refractivity contribution in [1.29, 1.82) is 0 Å². The Morgan fingerprint density at radius 3 is 2.53 bits per heavy atom. The molecule has 0 saturated carbocycles. The minimum atomic E-state index is -0.463. The van der Waals surface area contributed by atoms with Crippen LogP contribution in [0.15, 0.2) is 18.2 Å². The van der Waals surface area contributed by atoms with E-state index in [1.54, 1.807) is 6.07 Å². The maximum absolute atomic E-state index is 9.43. The minimum Gasteiger partial charge on any atom is -0.392 e. The summed E-state index contributed by atoms with van der Waals surface area (Å²) in [5.41, 5.74) is 6.42. The van der Waals surface area contributed by atoms with Crippen LogP contribution in [0.3, 0.4) is 0 Å². The van der Waals surface area contributed by atoms with Crippen molar-refractivity contribution in [2.24, 2.45) is 5.73 Å². The molecule has 0 amide bonds. The molecule has 84 valence electrons. The third kappa shape index (κ3) is 3.65. The van der Waals surface area contributed by atoms with Gasteiger partial charge in [0.05, 0.1) is 16.1 Å². The van der Waals surface area contributed by atoms with E-state index < -0.39 is 6.10 Å². The topological polar surface area (TPSA) is 46.2 Å². The van der Waals surface area contributed by atoms with Crippen molar-refractivity contribution in [3.63, 3.8) is 0 Å². The molecular weight excluding hydrogens is 233 g/mol. The summed E-state index contributed by atoms with van der Waals surface area (Å²) in [6, 6.07) is 5.52. The number of benzene rings is 1. The molecule has 0 aliphatic carbocycles. The lowest BCUT2D eigenvalue weighted by atomic mass is 9.95. The molecule has 0 aliphatic rings. The Balaban J connectivity index is 2.73. The minimum absolute atomic E-state index is 0.221. The SMILES string of the molecule is CC(CC(O)CN)c1ccc(Cl)c(Cl)c1. The quantitative estimate of drug-likeness (QED) is 0.860. The number of hydrogen-bond acceptors (Lipinski definition) is 2. The molecule has 2 atom stereocenters. The van der Waals surface area contributed by atoms with E-state index in [-0.39, 0.29) is 12.5 Å². The Morgan fingerprint density at radius 2 is 2.00 bits per heavy atom. The molecule has 0 spiro atoms. The normalized spacial score (nSPS) is 15.0. The molecule has 1 aromatic rings. The van der Waals surface area contributed by atoms with Gasteiger partial charge in [0.1, 0.15) is 0 Å². The van der Waals surface area contributed by atoms with Crippen LogP contribution in [0.2, 0.25) is 10.0 Å². The lowest BCUT2D eigenvalue weighted by molar-refractivity contribution is 0.165. The van der Waals surface area contributed by atoms with Crippen LogP contribution in [0, 0.1) is 0 Å². The van der Waals surface area contributed by atoms with Crippen molar-refractivity contribution in [2.45, 2.75) is 25.4 Å². The second kappa shape index (κ2) is 5.71. The first-order valence-electron chi connectivity index (χ1n) is 4.87. The summed E-state index contributed by atoms with van der Waals surface area (Å²) in [5, 5.41) is 10.5. The fourth-order valence-corrected chi connectivity index (χ4v) is 1.77. The fraction of sp³-hybridized carbons (Fsp3) is 0.455. The second-order valence-corrected chi connectivity index (χ2v) is 4.51. The first kappa shape index (κ1) is 12.8. The molecule has 3 N–H and O–H groups in total. The maximum Gasteiger partial charge on any atom is 0.0668 e. The predicted octanol–water partition coefficient (Wildman–Crippen LogP) is 2.81. The monoisotopic (exact) mass is 247 g/mol. The summed E-state index contributed by atoms with van der Waals surface area (Å²) < 4.78 is 0. The molecule has 2 nitrogen and oxygen atoms in total. The molecule has 15 heavy (non-hydrogen) atoms. The van der Waals surface area contributed by atoms with Crippen LogP contribution in [0.4, 0.5) is 0 Å². The molecule has 0 aromatic heterocycles. The van der Waals surface area contributed by atoms with Crippen molar-refractivity contribution in [3.05, 3.63) is 33.8 Å². The number of halogens is 2. The van der Waals surface area contributed by atoms with Gasteiger partial charge in [0, 0.05) is 6.54 Å². The highest BCUT2D eigenvalue weighted by atomic mass is 35.5. The molecule has 0 aliphatic heterocycles. The molecule has 0 fully saturated rings. The van der Waals surface area contributed by atoms with Crippen LogP contribution >= 0.6 is 23.2 Å². The summed E-state index contributed by atoms with van der Waals surface area (Å²) in [6.45, 7) is 2.31. The third-order valence-electron chi connectivity index (χ3n) is 2.41. The second-order valence-electron chi connectivity index (χ2n) is 3.70. The van der Waals surface area contributed by atoms with E-state index in [2.05, 4.69) is 0 Å². The summed E-state index contributed by atoms with van der Waals surface area (Å²) in [7, 11) is 0. The molecule has 0 heterocycles. The molecule has 0 saturated heterocycles. The van der Waals surface area contributed by atoms with Gasteiger partial charge in [0.25, 0.3) is 0 Å². The third-order valence-corrected chi connectivity index (χ3v) is 3.15. The number of aliphatic hydroxyl groups is 1. The highest BCUT2D eigenvalue weighted by molar-refractivity contribution is 6.42. The highest BCUT2D eigenvalue weighted by Crippen LogP contribution is 2.28. The Bertz CT molecular complexity index is 330. The van der Waals surface area contributed by atoms with Crippen LogP contribution in [0.5, 0.6) is 0 Å². The van der Waals surface area contributed by atoms with Gasteiger partial charge < -0.3 is 10.8 Å². The van der Waals surface area contributed by atoms with E-state index in [1.165, 1.54) is 0 Å². The first-order valence-corrected chi connectivity index (χ1v) is 5.63. The summed E-state index contributed by atoms with van der Waals surface area (Å²) in [5.74, 6) is 0.221.